The van der Waals surface area contributed by atoms with Crippen LogP contribution in [0.15, 0.2) is 18.2 Å². The molecule has 2 aliphatic rings. The minimum absolute atomic E-state index is 0.0291. The Labute approximate surface area is 130 Å². The first-order valence-corrected chi connectivity index (χ1v) is 7.80. The number of anilines is 1. The molecule has 3 atom stereocenters. The van der Waals surface area contributed by atoms with Crippen LogP contribution in [0.4, 0.5) is 10.1 Å². The predicted molar refractivity (Wildman–Crippen MR) is 81.0 cm³/mol. The van der Waals surface area contributed by atoms with Gasteiger partial charge in [0.2, 0.25) is 0 Å². The summed E-state index contributed by atoms with van der Waals surface area (Å²) in [6, 6.07) is 6.79. The molecule has 0 bridgehead atoms. The van der Waals surface area contributed by atoms with Gasteiger partial charge in [-0.15, -0.1) is 0 Å². The highest BCUT2D eigenvalue weighted by Crippen LogP contribution is 2.39. The van der Waals surface area contributed by atoms with Gasteiger partial charge in [0.05, 0.1) is 17.9 Å². The molecule has 2 saturated heterocycles. The zero-order valence-electron chi connectivity index (χ0n) is 12.8. The molecule has 2 aliphatic heterocycles. The van der Waals surface area contributed by atoms with Crippen LogP contribution in [0.1, 0.15) is 31.7 Å². The van der Waals surface area contributed by atoms with E-state index in [9.17, 15) is 14.8 Å². The van der Waals surface area contributed by atoms with E-state index in [2.05, 4.69) is 4.90 Å². The van der Waals surface area contributed by atoms with Gasteiger partial charge in [-0.05, 0) is 38.3 Å². The van der Waals surface area contributed by atoms with Gasteiger partial charge < -0.3 is 14.7 Å². The Hall–Kier alpha value is -1.64. The van der Waals surface area contributed by atoms with Gasteiger partial charge >= 0.3 is 0 Å². The fourth-order valence-corrected chi connectivity index (χ4v) is 3.75. The van der Waals surface area contributed by atoms with Gasteiger partial charge in [-0.25, -0.2) is 4.39 Å². The van der Waals surface area contributed by atoms with E-state index in [4.69, 9.17) is 4.74 Å². The Morgan fingerprint density at radius 1 is 1.50 bits per heavy atom. The summed E-state index contributed by atoms with van der Waals surface area (Å²) in [6.45, 7) is 3.70. The van der Waals surface area contributed by atoms with Gasteiger partial charge in [-0.1, -0.05) is 6.07 Å². The number of nitriles is 1. The number of hydrogen-bond donors (Lipinski definition) is 1. The maximum Gasteiger partial charge on any atom is 0.143 e. The van der Waals surface area contributed by atoms with E-state index in [0.29, 0.717) is 25.3 Å². The van der Waals surface area contributed by atoms with Gasteiger partial charge in [-0.2, -0.15) is 5.26 Å². The molecule has 1 aromatic rings. The molecule has 0 saturated carbocycles. The third-order valence-corrected chi connectivity index (χ3v) is 5.03. The molecule has 2 fully saturated rings. The van der Waals surface area contributed by atoms with Crippen LogP contribution >= 0.6 is 0 Å². The van der Waals surface area contributed by atoms with Crippen molar-refractivity contribution in [2.24, 2.45) is 5.92 Å². The van der Waals surface area contributed by atoms with Crippen molar-refractivity contribution >= 4 is 5.69 Å². The van der Waals surface area contributed by atoms with Gasteiger partial charge in [-0.3, -0.25) is 0 Å². The monoisotopic (exact) mass is 304 g/mol. The summed E-state index contributed by atoms with van der Waals surface area (Å²) in [5.41, 5.74) is -0.0665. The SMILES string of the molecule is CC1(O)CCOCC1C1CCCN1c1cccc(F)c1C#N. The molecular formula is C17H21FN2O2. The third-order valence-electron chi connectivity index (χ3n) is 5.03. The molecule has 0 amide bonds. The lowest BCUT2D eigenvalue weighted by molar-refractivity contribution is -0.108. The topological polar surface area (TPSA) is 56.5 Å². The van der Waals surface area contributed by atoms with E-state index in [1.165, 1.54) is 6.07 Å². The Kier molecular flexibility index (Phi) is 4.07. The standard InChI is InChI=1S/C17H21FN2O2/c1-17(21)7-9-22-11-13(17)16-6-3-8-20(16)15-5-2-4-14(18)12(15)10-19/h2,4-5,13,16,21H,3,6-9,11H2,1H3. The normalized spacial score (nSPS) is 32.0. The van der Waals surface area contributed by atoms with Crippen molar-refractivity contribution in [3.8, 4) is 6.07 Å². The second kappa shape index (κ2) is 5.86. The van der Waals surface area contributed by atoms with E-state index in [1.807, 2.05) is 13.0 Å². The number of benzene rings is 1. The molecule has 22 heavy (non-hydrogen) atoms. The Morgan fingerprint density at radius 2 is 2.32 bits per heavy atom. The number of ether oxygens (including phenoxy) is 1. The van der Waals surface area contributed by atoms with Crippen molar-refractivity contribution in [2.75, 3.05) is 24.7 Å². The van der Waals surface area contributed by atoms with Crippen molar-refractivity contribution in [1.29, 1.82) is 5.26 Å². The number of rotatable bonds is 2. The molecule has 118 valence electrons. The van der Waals surface area contributed by atoms with E-state index >= 15 is 0 Å². The zero-order valence-corrected chi connectivity index (χ0v) is 12.8. The first-order chi connectivity index (χ1) is 10.5. The van der Waals surface area contributed by atoms with Crippen LogP contribution in [-0.4, -0.2) is 36.5 Å². The summed E-state index contributed by atoms with van der Waals surface area (Å²) in [4.78, 5) is 2.08. The molecule has 0 aliphatic carbocycles. The largest absolute Gasteiger partial charge is 0.390 e. The van der Waals surface area contributed by atoms with Crippen LogP contribution in [0.25, 0.3) is 0 Å². The van der Waals surface area contributed by atoms with Crippen molar-refractivity contribution in [3.05, 3.63) is 29.6 Å². The predicted octanol–water partition coefficient (Wildman–Crippen LogP) is 2.45. The van der Waals surface area contributed by atoms with Crippen LogP contribution in [0, 0.1) is 23.1 Å². The molecule has 1 N–H and O–H groups in total. The second-order valence-corrected chi connectivity index (χ2v) is 6.44. The van der Waals surface area contributed by atoms with Crippen molar-refractivity contribution in [1.82, 2.24) is 0 Å². The Balaban J connectivity index is 1.94. The lowest BCUT2D eigenvalue weighted by Crippen LogP contribution is -2.52. The zero-order chi connectivity index (χ0) is 15.7. The molecule has 1 aromatic carbocycles. The molecule has 5 heteroatoms. The molecular weight excluding hydrogens is 283 g/mol. The summed E-state index contributed by atoms with van der Waals surface area (Å²) in [5, 5.41) is 20.0. The van der Waals surface area contributed by atoms with Crippen LogP contribution in [-0.2, 0) is 4.74 Å². The number of halogens is 1. The molecule has 2 heterocycles. The van der Waals surface area contributed by atoms with Crippen LogP contribution in [0.3, 0.4) is 0 Å². The van der Waals surface area contributed by atoms with Crippen molar-refractivity contribution in [3.63, 3.8) is 0 Å². The fraction of sp³-hybridized carbons (Fsp3) is 0.588. The van der Waals surface area contributed by atoms with E-state index in [0.717, 1.165) is 19.4 Å². The Morgan fingerprint density at radius 3 is 3.05 bits per heavy atom. The summed E-state index contributed by atoms with van der Waals surface area (Å²) < 4.78 is 19.5. The van der Waals surface area contributed by atoms with E-state index in [-0.39, 0.29) is 17.5 Å². The van der Waals surface area contributed by atoms with Crippen LogP contribution < -0.4 is 4.90 Å². The minimum atomic E-state index is -0.786. The third kappa shape index (κ3) is 2.57. The highest BCUT2D eigenvalue weighted by atomic mass is 19.1. The highest BCUT2D eigenvalue weighted by Gasteiger charge is 2.44. The lowest BCUT2D eigenvalue weighted by Gasteiger charge is -2.44. The smallest absolute Gasteiger partial charge is 0.143 e. The Bertz CT molecular complexity index is 597. The van der Waals surface area contributed by atoms with Gasteiger partial charge in [0, 0.05) is 25.1 Å². The average Bonchev–Trinajstić information content (AvgIpc) is 2.95. The van der Waals surface area contributed by atoms with E-state index < -0.39 is 11.4 Å². The fourth-order valence-electron chi connectivity index (χ4n) is 3.75. The maximum atomic E-state index is 13.9. The summed E-state index contributed by atoms with van der Waals surface area (Å²) in [5.74, 6) is -0.518. The first kappa shape index (κ1) is 15.3. The maximum absolute atomic E-state index is 13.9. The number of hydrogen-bond acceptors (Lipinski definition) is 4. The van der Waals surface area contributed by atoms with Crippen molar-refractivity contribution < 1.29 is 14.2 Å². The number of aliphatic hydroxyl groups is 1. The van der Waals surface area contributed by atoms with Crippen LogP contribution in [0.2, 0.25) is 0 Å². The summed E-state index contributed by atoms with van der Waals surface area (Å²) >= 11 is 0. The molecule has 0 spiro atoms. The minimum Gasteiger partial charge on any atom is -0.390 e. The first-order valence-electron chi connectivity index (χ1n) is 7.80. The van der Waals surface area contributed by atoms with E-state index in [1.54, 1.807) is 12.1 Å². The van der Waals surface area contributed by atoms with Gasteiger partial charge in [0.15, 0.2) is 0 Å². The molecule has 3 rings (SSSR count). The number of nitrogens with zero attached hydrogens (tertiary/aromatic N) is 2. The molecule has 3 unspecified atom stereocenters. The van der Waals surface area contributed by atoms with Crippen molar-refractivity contribution in [2.45, 2.75) is 37.8 Å². The average molecular weight is 304 g/mol. The summed E-state index contributed by atoms with van der Waals surface area (Å²) in [7, 11) is 0. The second-order valence-electron chi connectivity index (χ2n) is 6.44. The quantitative estimate of drug-likeness (QED) is 0.912. The van der Waals surface area contributed by atoms with Gasteiger partial charge in [0.25, 0.3) is 0 Å². The molecule has 4 nitrogen and oxygen atoms in total. The lowest BCUT2D eigenvalue weighted by atomic mass is 9.79. The molecule has 0 radical (unpaired) electrons. The molecule has 0 aromatic heterocycles. The summed E-state index contributed by atoms with van der Waals surface area (Å²) in [6.07, 6.45) is 2.50. The van der Waals surface area contributed by atoms with Crippen LogP contribution in [0.5, 0.6) is 0 Å². The van der Waals surface area contributed by atoms with Gasteiger partial charge in [0.1, 0.15) is 17.4 Å². The highest BCUT2D eigenvalue weighted by molar-refractivity contribution is 5.61.